The van der Waals surface area contributed by atoms with E-state index in [0.29, 0.717) is 37.3 Å². The Kier molecular flexibility index (Phi) is 7.11. The standard InChI is InChI=1S/C24H26N2O5S2/c1-18(27)19-6-8-23(9-7-19)33(29,30)26-12-10-20(11-13-26)24(28)25(16-21-4-2-14-31-21)17-22-5-3-15-32-22/h2-9,14-15,20H,10-13,16-17H2,1H3. The lowest BCUT2D eigenvalue weighted by molar-refractivity contribution is -0.138. The fraction of sp³-hybridized carbons (Fsp3) is 0.333. The van der Waals surface area contributed by atoms with Gasteiger partial charge in [-0.25, -0.2) is 8.42 Å². The molecule has 1 aromatic carbocycles. The molecule has 33 heavy (non-hydrogen) atoms. The average Bonchev–Trinajstić information content (AvgIpc) is 3.53. The van der Waals surface area contributed by atoms with Crippen LogP contribution in [0.1, 0.15) is 40.8 Å². The monoisotopic (exact) mass is 486 g/mol. The fourth-order valence-corrected chi connectivity index (χ4v) is 6.19. The summed E-state index contributed by atoms with van der Waals surface area (Å²) in [6.07, 6.45) is 2.51. The molecule has 7 nitrogen and oxygen atoms in total. The first-order chi connectivity index (χ1) is 15.8. The van der Waals surface area contributed by atoms with Crippen molar-refractivity contribution < 1.29 is 22.4 Å². The quantitative estimate of drug-likeness (QED) is 0.446. The van der Waals surface area contributed by atoms with E-state index in [1.54, 1.807) is 28.6 Å². The van der Waals surface area contributed by atoms with Crippen LogP contribution in [0.15, 0.2) is 69.5 Å². The number of hydrogen-bond donors (Lipinski definition) is 0. The molecule has 0 aliphatic carbocycles. The first kappa shape index (κ1) is 23.4. The van der Waals surface area contributed by atoms with Crippen molar-refractivity contribution in [3.8, 4) is 0 Å². The topological polar surface area (TPSA) is 87.9 Å². The van der Waals surface area contributed by atoms with Gasteiger partial charge < -0.3 is 9.32 Å². The summed E-state index contributed by atoms with van der Waals surface area (Å²) in [6.45, 7) is 2.88. The Labute approximate surface area is 197 Å². The molecule has 0 saturated carbocycles. The van der Waals surface area contributed by atoms with E-state index in [1.807, 2.05) is 23.6 Å². The fourth-order valence-electron chi connectivity index (χ4n) is 4.01. The molecule has 0 radical (unpaired) electrons. The van der Waals surface area contributed by atoms with Crippen molar-refractivity contribution in [2.75, 3.05) is 13.1 Å². The minimum absolute atomic E-state index is 0.0164. The molecular formula is C24H26N2O5S2. The summed E-state index contributed by atoms with van der Waals surface area (Å²) < 4.78 is 33.0. The number of Topliss-reactive ketones (excluding diaryl/α,β-unsaturated/α-hetero) is 1. The highest BCUT2D eigenvalue weighted by molar-refractivity contribution is 7.89. The zero-order valence-electron chi connectivity index (χ0n) is 18.3. The molecule has 4 rings (SSSR count). The third kappa shape index (κ3) is 5.43. The van der Waals surface area contributed by atoms with E-state index in [2.05, 4.69) is 0 Å². The van der Waals surface area contributed by atoms with Crippen LogP contribution in [0.5, 0.6) is 0 Å². The number of thiophene rings is 1. The first-order valence-electron chi connectivity index (χ1n) is 10.8. The molecule has 0 atom stereocenters. The van der Waals surface area contributed by atoms with Gasteiger partial charge in [-0.2, -0.15) is 4.31 Å². The summed E-state index contributed by atoms with van der Waals surface area (Å²) in [6, 6.07) is 13.6. The first-order valence-corrected chi connectivity index (χ1v) is 13.1. The number of nitrogens with zero attached hydrogens (tertiary/aromatic N) is 2. The van der Waals surface area contributed by atoms with Gasteiger partial charge in [-0.1, -0.05) is 18.2 Å². The van der Waals surface area contributed by atoms with Crippen LogP contribution < -0.4 is 0 Å². The Hall–Kier alpha value is -2.75. The lowest BCUT2D eigenvalue weighted by Gasteiger charge is -2.33. The zero-order chi connectivity index (χ0) is 23.4. The van der Waals surface area contributed by atoms with Crippen LogP contribution in [-0.4, -0.2) is 42.4 Å². The summed E-state index contributed by atoms with van der Waals surface area (Å²) in [5, 5.41) is 1.98. The number of furan rings is 1. The van der Waals surface area contributed by atoms with Crippen LogP contribution in [0.25, 0.3) is 0 Å². The van der Waals surface area contributed by atoms with E-state index < -0.39 is 10.0 Å². The Morgan fingerprint density at radius 3 is 2.36 bits per heavy atom. The molecule has 0 bridgehead atoms. The normalized spacial score (nSPS) is 15.4. The van der Waals surface area contributed by atoms with E-state index in [9.17, 15) is 18.0 Å². The third-order valence-electron chi connectivity index (χ3n) is 5.87. The van der Waals surface area contributed by atoms with Crippen LogP contribution in [0.2, 0.25) is 0 Å². The van der Waals surface area contributed by atoms with Crippen molar-refractivity contribution in [3.63, 3.8) is 0 Å². The van der Waals surface area contributed by atoms with E-state index in [-0.39, 0.29) is 35.6 Å². The summed E-state index contributed by atoms with van der Waals surface area (Å²) in [5.41, 5.74) is 0.473. The SMILES string of the molecule is CC(=O)c1ccc(S(=O)(=O)N2CCC(C(=O)N(Cc3ccco3)Cc3cccs3)CC2)cc1. The van der Waals surface area contributed by atoms with Crippen LogP contribution in [0.3, 0.4) is 0 Å². The van der Waals surface area contributed by atoms with Gasteiger partial charge in [0.15, 0.2) is 5.78 Å². The molecule has 3 heterocycles. The molecule has 1 aliphatic rings. The van der Waals surface area contributed by atoms with Crippen molar-refractivity contribution in [2.24, 2.45) is 5.92 Å². The maximum atomic E-state index is 13.4. The second-order valence-corrected chi connectivity index (χ2v) is 11.1. The van der Waals surface area contributed by atoms with Gasteiger partial charge in [-0.15, -0.1) is 11.3 Å². The van der Waals surface area contributed by atoms with Gasteiger partial charge in [0.05, 0.1) is 24.2 Å². The molecule has 0 spiro atoms. The molecule has 174 valence electrons. The van der Waals surface area contributed by atoms with Crippen LogP contribution >= 0.6 is 11.3 Å². The maximum absolute atomic E-state index is 13.4. The number of hydrogen-bond acceptors (Lipinski definition) is 6. The molecule has 3 aromatic rings. The van der Waals surface area contributed by atoms with Crippen molar-refractivity contribution >= 4 is 33.1 Å². The van der Waals surface area contributed by atoms with E-state index >= 15 is 0 Å². The molecule has 9 heteroatoms. The number of sulfonamides is 1. The Morgan fingerprint density at radius 1 is 1.06 bits per heavy atom. The largest absolute Gasteiger partial charge is 0.467 e. The lowest BCUT2D eigenvalue weighted by Crippen LogP contribution is -2.44. The van der Waals surface area contributed by atoms with Crippen molar-refractivity contribution in [2.45, 2.75) is 37.8 Å². The van der Waals surface area contributed by atoms with E-state index in [4.69, 9.17) is 4.42 Å². The third-order valence-corrected chi connectivity index (χ3v) is 8.64. The summed E-state index contributed by atoms with van der Waals surface area (Å²) in [7, 11) is -3.67. The van der Waals surface area contributed by atoms with Crippen LogP contribution in [0.4, 0.5) is 0 Å². The van der Waals surface area contributed by atoms with Gasteiger partial charge >= 0.3 is 0 Å². The Bertz CT molecular complexity index is 1140. The van der Waals surface area contributed by atoms with Crippen LogP contribution in [0, 0.1) is 5.92 Å². The molecule has 1 aliphatic heterocycles. The second kappa shape index (κ2) is 10.0. The molecule has 0 N–H and O–H groups in total. The summed E-state index contributed by atoms with van der Waals surface area (Å²) >= 11 is 1.60. The number of amides is 1. The number of piperidine rings is 1. The van der Waals surface area contributed by atoms with E-state index in [0.717, 1.165) is 4.88 Å². The smallest absolute Gasteiger partial charge is 0.243 e. The molecule has 2 aromatic heterocycles. The molecular weight excluding hydrogens is 460 g/mol. The highest BCUT2D eigenvalue weighted by Gasteiger charge is 2.34. The molecule has 1 amide bonds. The molecule has 0 unspecified atom stereocenters. The van der Waals surface area contributed by atoms with Gasteiger partial charge in [-0.3, -0.25) is 9.59 Å². The predicted molar refractivity (Wildman–Crippen MR) is 125 cm³/mol. The number of rotatable bonds is 8. The highest BCUT2D eigenvalue weighted by atomic mass is 32.2. The average molecular weight is 487 g/mol. The van der Waals surface area contributed by atoms with Gasteiger partial charge in [-0.05, 0) is 55.5 Å². The van der Waals surface area contributed by atoms with Gasteiger partial charge in [0.25, 0.3) is 0 Å². The van der Waals surface area contributed by atoms with Gasteiger partial charge in [0.2, 0.25) is 15.9 Å². The van der Waals surface area contributed by atoms with Gasteiger partial charge in [0, 0.05) is 29.4 Å². The highest BCUT2D eigenvalue weighted by Crippen LogP contribution is 2.27. The number of benzene rings is 1. The lowest BCUT2D eigenvalue weighted by atomic mass is 9.96. The molecule has 1 fully saturated rings. The number of carbonyl (C=O) groups is 2. The van der Waals surface area contributed by atoms with Crippen LogP contribution in [-0.2, 0) is 27.9 Å². The van der Waals surface area contributed by atoms with Crippen molar-refractivity contribution in [1.29, 1.82) is 0 Å². The predicted octanol–water partition coefficient (Wildman–Crippen LogP) is 4.17. The minimum atomic E-state index is -3.67. The number of ketones is 1. The maximum Gasteiger partial charge on any atom is 0.243 e. The van der Waals surface area contributed by atoms with Crippen molar-refractivity contribution in [3.05, 3.63) is 76.4 Å². The summed E-state index contributed by atoms with van der Waals surface area (Å²) in [5.74, 6) is 0.378. The van der Waals surface area contributed by atoms with Crippen molar-refractivity contribution in [1.82, 2.24) is 9.21 Å². The number of carbonyl (C=O) groups excluding carboxylic acids is 2. The zero-order valence-corrected chi connectivity index (χ0v) is 20.0. The Morgan fingerprint density at radius 2 is 1.79 bits per heavy atom. The second-order valence-electron chi connectivity index (χ2n) is 8.11. The minimum Gasteiger partial charge on any atom is -0.467 e. The van der Waals surface area contributed by atoms with E-state index in [1.165, 1.54) is 35.5 Å². The molecule has 1 saturated heterocycles. The van der Waals surface area contributed by atoms with Gasteiger partial charge in [0.1, 0.15) is 5.76 Å². The summed E-state index contributed by atoms with van der Waals surface area (Å²) in [4.78, 5) is 27.9. The Balaban J connectivity index is 1.42.